The van der Waals surface area contributed by atoms with Crippen molar-refractivity contribution < 1.29 is 17.7 Å². The summed E-state index contributed by atoms with van der Waals surface area (Å²) in [6.07, 6.45) is -0.466. The van der Waals surface area contributed by atoms with Crippen LogP contribution in [0.2, 0.25) is 0 Å². The average molecular weight is 419 g/mol. The molecule has 24 heavy (non-hydrogen) atoms. The largest absolute Gasteiger partial charge is 0.611 e. The lowest BCUT2D eigenvalue weighted by atomic mass is 10.3. The normalized spacial score (nSPS) is 13.4. The van der Waals surface area contributed by atoms with Crippen LogP contribution in [0.5, 0.6) is 0 Å². The van der Waals surface area contributed by atoms with E-state index in [0.29, 0.717) is 26.5 Å². The summed E-state index contributed by atoms with van der Waals surface area (Å²) in [6, 6.07) is 2.53. The molecule has 0 amide bonds. The first-order chi connectivity index (χ1) is 11.3. The van der Waals surface area contributed by atoms with Gasteiger partial charge in [0.05, 0.1) is 0 Å². The summed E-state index contributed by atoms with van der Waals surface area (Å²) in [4.78, 5) is 12.3. The molecule has 3 aromatic rings. The lowest BCUT2D eigenvalue weighted by Crippen LogP contribution is -2.08. The van der Waals surface area contributed by atoms with E-state index in [-0.39, 0.29) is 5.65 Å². The highest BCUT2D eigenvalue weighted by Crippen LogP contribution is 2.30. The van der Waals surface area contributed by atoms with E-state index in [1.54, 1.807) is 13.0 Å². The van der Waals surface area contributed by atoms with Crippen molar-refractivity contribution in [3.05, 3.63) is 41.0 Å². The van der Waals surface area contributed by atoms with Gasteiger partial charge in [-0.2, -0.15) is 13.2 Å². The molecule has 1 atom stereocenters. The van der Waals surface area contributed by atoms with Crippen LogP contribution in [-0.4, -0.2) is 29.7 Å². The number of hydrogen-bond acceptors (Lipinski definition) is 4. The first-order valence-corrected chi connectivity index (χ1v) is 8.87. The summed E-state index contributed by atoms with van der Waals surface area (Å²) in [5, 5.41) is 0. The van der Waals surface area contributed by atoms with Crippen LogP contribution in [0.25, 0.3) is 17.0 Å². The highest BCUT2D eigenvalue weighted by molar-refractivity contribution is 9.10. The molecule has 0 spiro atoms. The van der Waals surface area contributed by atoms with Gasteiger partial charge in [0.15, 0.2) is 4.90 Å². The monoisotopic (exact) mass is 418 g/mol. The fourth-order valence-electron chi connectivity index (χ4n) is 2.10. The Balaban J connectivity index is 2.13. The number of rotatable bonds is 3. The van der Waals surface area contributed by atoms with Crippen LogP contribution < -0.4 is 0 Å². The Morgan fingerprint density at radius 2 is 2.04 bits per heavy atom. The number of nitrogens with zero attached hydrogens (tertiary/aromatic N) is 4. The summed E-state index contributed by atoms with van der Waals surface area (Å²) >= 11 is 1.98. The molecular weight excluding hydrogens is 409 g/mol. The molecule has 0 bridgehead atoms. The standard InChI is InChI=1S/C14H10BrF3N4OS/c1-2-24(23)10-3-8(15)5-19-13(10)9-6-22-7-20-11(14(16,17)18)4-12(22)21-9/h3-7H,2H2,1H3. The van der Waals surface area contributed by atoms with E-state index in [1.807, 2.05) is 0 Å². The van der Waals surface area contributed by atoms with Gasteiger partial charge in [-0.05, 0) is 34.0 Å². The summed E-state index contributed by atoms with van der Waals surface area (Å²) in [7, 11) is 0. The molecular formula is C14H10BrF3N4OS. The first-order valence-electron chi connectivity index (χ1n) is 6.76. The van der Waals surface area contributed by atoms with E-state index in [9.17, 15) is 17.7 Å². The van der Waals surface area contributed by atoms with Crippen LogP contribution in [0.15, 0.2) is 40.2 Å². The summed E-state index contributed by atoms with van der Waals surface area (Å²) in [5.74, 6) is 0.387. The molecule has 0 aliphatic carbocycles. The second-order valence-corrected chi connectivity index (χ2v) is 7.42. The third-order valence-electron chi connectivity index (χ3n) is 3.21. The maximum Gasteiger partial charge on any atom is 0.433 e. The van der Waals surface area contributed by atoms with E-state index in [1.165, 1.54) is 16.8 Å². The van der Waals surface area contributed by atoms with Gasteiger partial charge in [-0.3, -0.25) is 4.40 Å². The molecule has 0 fully saturated rings. The van der Waals surface area contributed by atoms with Crippen molar-refractivity contribution in [2.75, 3.05) is 5.75 Å². The van der Waals surface area contributed by atoms with Gasteiger partial charge < -0.3 is 4.55 Å². The van der Waals surface area contributed by atoms with Gasteiger partial charge in [0, 0.05) is 29.0 Å². The SMILES string of the molecule is CC[S+]([O-])c1cc(Br)cnc1-c1cn2cnc(C(F)(F)F)cc2n1. The van der Waals surface area contributed by atoms with Crippen LogP contribution >= 0.6 is 15.9 Å². The Labute approximate surface area is 146 Å². The van der Waals surface area contributed by atoms with E-state index < -0.39 is 23.0 Å². The highest BCUT2D eigenvalue weighted by Gasteiger charge is 2.33. The topological polar surface area (TPSA) is 66.1 Å². The van der Waals surface area contributed by atoms with Crippen molar-refractivity contribution in [3.63, 3.8) is 0 Å². The van der Waals surface area contributed by atoms with Crippen molar-refractivity contribution in [1.29, 1.82) is 0 Å². The second kappa shape index (κ2) is 6.34. The lowest BCUT2D eigenvalue weighted by molar-refractivity contribution is -0.141. The molecule has 10 heteroatoms. The molecule has 0 aliphatic rings. The van der Waals surface area contributed by atoms with Gasteiger partial charge >= 0.3 is 6.18 Å². The molecule has 0 aliphatic heterocycles. The van der Waals surface area contributed by atoms with E-state index in [4.69, 9.17) is 0 Å². The van der Waals surface area contributed by atoms with Crippen molar-refractivity contribution in [3.8, 4) is 11.4 Å². The molecule has 3 rings (SSSR count). The maximum atomic E-state index is 12.7. The van der Waals surface area contributed by atoms with Crippen molar-refractivity contribution in [1.82, 2.24) is 19.4 Å². The molecule has 1 unspecified atom stereocenters. The summed E-state index contributed by atoms with van der Waals surface area (Å²) < 4.78 is 52.5. The Hall–Kier alpha value is -1.65. The molecule has 5 nitrogen and oxygen atoms in total. The molecule has 3 aromatic heterocycles. The Morgan fingerprint density at radius 3 is 2.71 bits per heavy atom. The third-order valence-corrected chi connectivity index (χ3v) is 4.97. The Morgan fingerprint density at radius 1 is 1.29 bits per heavy atom. The zero-order chi connectivity index (χ0) is 17.5. The predicted molar refractivity (Wildman–Crippen MR) is 85.9 cm³/mol. The van der Waals surface area contributed by atoms with Gasteiger partial charge in [0.2, 0.25) is 0 Å². The van der Waals surface area contributed by atoms with Crippen LogP contribution in [0.1, 0.15) is 12.6 Å². The maximum absolute atomic E-state index is 12.7. The zero-order valence-electron chi connectivity index (χ0n) is 12.2. The minimum atomic E-state index is -4.54. The number of fused-ring (bicyclic) bond motifs is 1. The fraction of sp³-hybridized carbons (Fsp3) is 0.214. The van der Waals surface area contributed by atoms with E-state index >= 15 is 0 Å². The summed E-state index contributed by atoms with van der Waals surface area (Å²) in [5.41, 5.74) is -0.227. The van der Waals surface area contributed by atoms with Crippen molar-refractivity contribution in [2.24, 2.45) is 0 Å². The average Bonchev–Trinajstić information content (AvgIpc) is 2.96. The quantitative estimate of drug-likeness (QED) is 0.608. The molecule has 0 saturated carbocycles. The Kier molecular flexibility index (Phi) is 4.54. The van der Waals surface area contributed by atoms with Gasteiger partial charge in [-0.1, -0.05) is 0 Å². The number of pyridine rings is 1. The molecule has 0 radical (unpaired) electrons. The molecule has 0 N–H and O–H groups in total. The third kappa shape index (κ3) is 3.26. The van der Waals surface area contributed by atoms with E-state index in [2.05, 4.69) is 30.9 Å². The lowest BCUT2D eigenvalue weighted by Gasteiger charge is -2.10. The fourth-order valence-corrected chi connectivity index (χ4v) is 3.53. The number of hydrogen-bond donors (Lipinski definition) is 0. The molecule has 3 heterocycles. The minimum absolute atomic E-state index is 0.0882. The minimum Gasteiger partial charge on any atom is -0.611 e. The molecule has 126 valence electrons. The predicted octanol–water partition coefficient (Wildman–Crippen LogP) is 3.70. The smallest absolute Gasteiger partial charge is 0.433 e. The molecule has 0 aromatic carbocycles. The second-order valence-electron chi connectivity index (χ2n) is 4.80. The van der Waals surface area contributed by atoms with Crippen LogP contribution in [0, 0.1) is 0 Å². The van der Waals surface area contributed by atoms with Gasteiger partial charge in [-0.15, -0.1) is 0 Å². The first kappa shape index (κ1) is 17.2. The van der Waals surface area contributed by atoms with Crippen LogP contribution in [0.3, 0.4) is 0 Å². The number of imidazole rings is 1. The van der Waals surface area contributed by atoms with Crippen LogP contribution in [0.4, 0.5) is 13.2 Å². The zero-order valence-corrected chi connectivity index (χ0v) is 14.6. The van der Waals surface area contributed by atoms with Crippen molar-refractivity contribution in [2.45, 2.75) is 18.0 Å². The number of aromatic nitrogens is 4. The van der Waals surface area contributed by atoms with Gasteiger partial charge in [0.25, 0.3) is 0 Å². The van der Waals surface area contributed by atoms with Crippen LogP contribution in [-0.2, 0) is 17.4 Å². The number of alkyl halides is 3. The van der Waals surface area contributed by atoms with E-state index in [0.717, 1.165) is 12.4 Å². The summed E-state index contributed by atoms with van der Waals surface area (Å²) in [6.45, 7) is 1.77. The highest BCUT2D eigenvalue weighted by atomic mass is 79.9. The van der Waals surface area contributed by atoms with Gasteiger partial charge in [0.1, 0.15) is 34.8 Å². The van der Waals surface area contributed by atoms with Gasteiger partial charge in [-0.25, -0.2) is 15.0 Å². The Bertz CT molecular complexity index is 899. The molecule has 0 saturated heterocycles. The number of halogens is 4. The van der Waals surface area contributed by atoms with Crippen molar-refractivity contribution >= 4 is 32.8 Å².